The van der Waals surface area contributed by atoms with E-state index in [1.54, 1.807) is 18.2 Å². The molecule has 9 nitrogen and oxygen atoms in total. The number of carbonyl (C=O) groups is 4. The first-order chi connectivity index (χ1) is 12.4. The van der Waals surface area contributed by atoms with Crippen LogP contribution in [0.3, 0.4) is 0 Å². The number of nitrogens with zero attached hydrogens (tertiary/aromatic N) is 1. The number of fused-ring (bicyclic) bond motifs is 1. The molecule has 0 aliphatic carbocycles. The molecule has 1 unspecified atom stereocenters. The van der Waals surface area contributed by atoms with Crippen molar-refractivity contribution in [3.8, 4) is 0 Å². The second-order valence-corrected chi connectivity index (χ2v) is 6.36. The Morgan fingerprint density at radius 1 is 1.27 bits per heavy atom. The lowest BCUT2D eigenvalue weighted by Crippen LogP contribution is -2.54. The van der Waals surface area contributed by atoms with Gasteiger partial charge in [0.25, 0.3) is 11.8 Å². The zero-order valence-corrected chi connectivity index (χ0v) is 14.0. The van der Waals surface area contributed by atoms with Gasteiger partial charge in [-0.25, -0.2) is 0 Å². The minimum atomic E-state index is -0.983. The van der Waals surface area contributed by atoms with Gasteiger partial charge in [-0.3, -0.25) is 29.4 Å². The van der Waals surface area contributed by atoms with Gasteiger partial charge in [0.1, 0.15) is 6.04 Å². The second-order valence-electron chi connectivity index (χ2n) is 6.36. The number of aliphatic hydroxyl groups is 1. The normalized spacial score (nSPS) is 21.0. The van der Waals surface area contributed by atoms with Gasteiger partial charge in [-0.05, 0) is 18.1 Å². The Labute approximate surface area is 149 Å². The number of carbonyl (C=O) groups excluding carboxylic acids is 4. The van der Waals surface area contributed by atoms with E-state index in [0.29, 0.717) is 18.7 Å². The van der Waals surface area contributed by atoms with E-state index in [4.69, 9.17) is 10.8 Å². The van der Waals surface area contributed by atoms with Crippen molar-refractivity contribution in [2.24, 2.45) is 5.73 Å². The highest BCUT2D eigenvalue weighted by Gasteiger charge is 2.45. The zero-order chi connectivity index (χ0) is 18.8. The Morgan fingerprint density at radius 3 is 2.73 bits per heavy atom. The summed E-state index contributed by atoms with van der Waals surface area (Å²) in [7, 11) is 0. The maximum atomic E-state index is 12.9. The van der Waals surface area contributed by atoms with Crippen LogP contribution in [0.2, 0.25) is 0 Å². The standard InChI is InChI=1S/C17H20N4O5/c18-10(8-22)7-19-6-9-2-1-3-11-14(9)17(26)21(16(11)25)12-4-5-13(23)20-15(12)24/h1-3,10,12,19,22H,4-8,18H2,(H,20,23,24)/t10-,12?/m0/s1. The fraction of sp³-hybridized carbons (Fsp3) is 0.412. The molecule has 5 N–H and O–H groups in total. The van der Waals surface area contributed by atoms with Gasteiger partial charge in [0.15, 0.2) is 0 Å². The molecule has 1 fully saturated rings. The number of benzene rings is 1. The van der Waals surface area contributed by atoms with Crippen molar-refractivity contribution in [3.63, 3.8) is 0 Å². The van der Waals surface area contributed by atoms with Gasteiger partial charge >= 0.3 is 0 Å². The van der Waals surface area contributed by atoms with Crippen LogP contribution in [0.25, 0.3) is 0 Å². The molecule has 1 aromatic carbocycles. The van der Waals surface area contributed by atoms with Crippen molar-refractivity contribution in [1.82, 2.24) is 15.5 Å². The number of rotatable bonds is 6. The SMILES string of the molecule is N[C@H](CO)CNCc1cccc2c1C(=O)N(C1CCC(=O)NC1=O)C2=O. The molecule has 26 heavy (non-hydrogen) atoms. The van der Waals surface area contributed by atoms with Gasteiger partial charge in [0, 0.05) is 25.6 Å². The monoisotopic (exact) mass is 360 g/mol. The number of imide groups is 2. The predicted molar refractivity (Wildman–Crippen MR) is 89.9 cm³/mol. The maximum absolute atomic E-state index is 12.9. The number of nitrogens with two attached hydrogens (primary N) is 1. The van der Waals surface area contributed by atoms with Crippen molar-refractivity contribution in [2.75, 3.05) is 13.2 Å². The van der Waals surface area contributed by atoms with Gasteiger partial charge in [0.05, 0.1) is 17.7 Å². The number of amides is 4. The van der Waals surface area contributed by atoms with E-state index in [9.17, 15) is 19.2 Å². The minimum absolute atomic E-state index is 0.0806. The van der Waals surface area contributed by atoms with Crippen LogP contribution >= 0.6 is 0 Å². The third-order valence-electron chi connectivity index (χ3n) is 4.51. The molecule has 3 rings (SSSR count). The van der Waals surface area contributed by atoms with Crippen LogP contribution in [0.1, 0.15) is 39.1 Å². The van der Waals surface area contributed by atoms with Crippen molar-refractivity contribution < 1.29 is 24.3 Å². The largest absolute Gasteiger partial charge is 0.395 e. The Bertz CT molecular complexity index is 778. The van der Waals surface area contributed by atoms with Crippen LogP contribution in [0.15, 0.2) is 18.2 Å². The zero-order valence-electron chi connectivity index (χ0n) is 14.0. The Hall–Kier alpha value is -2.62. The molecule has 2 heterocycles. The lowest BCUT2D eigenvalue weighted by atomic mass is 10.0. The molecule has 0 spiro atoms. The fourth-order valence-corrected chi connectivity index (χ4v) is 3.19. The highest BCUT2D eigenvalue weighted by molar-refractivity contribution is 6.24. The first-order valence-electron chi connectivity index (χ1n) is 8.34. The second kappa shape index (κ2) is 7.32. The molecule has 1 saturated heterocycles. The van der Waals surface area contributed by atoms with E-state index >= 15 is 0 Å². The summed E-state index contributed by atoms with van der Waals surface area (Å²) >= 11 is 0. The summed E-state index contributed by atoms with van der Waals surface area (Å²) in [6.07, 6.45) is 0.201. The molecule has 0 aromatic heterocycles. The minimum Gasteiger partial charge on any atom is -0.395 e. The van der Waals surface area contributed by atoms with Gasteiger partial charge in [-0.15, -0.1) is 0 Å². The third kappa shape index (κ3) is 3.24. The molecule has 1 aromatic rings. The molecular weight excluding hydrogens is 340 g/mol. The lowest BCUT2D eigenvalue weighted by molar-refractivity contribution is -0.136. The van der Waals surface area contributed by atoms with Crippen molar-refractivity contribution >= 4 is 23.6 Å². The average molecular weight is 360 g/mol. The van der Waals surface area contributed by atoms with E-state index < -0.39 is 35.7 Å². The Morgan fingerprint density at radius 2 is 2.04 bits per heavy atom. The van der Waals surface area contributed by atoms with Gasteiger partial charge in [-0.1, -0.05) is 12.1 Å². The molecule has 0 bridgehead atoms. The Kier molecular flexibility index (Phi) is 5.12. The summed E-state index contributed by atoms with van der Waals surface area (Å²) in [6.45, 7) is 0.471. The lowest BCUT2D eigenvalue weighted by Gasteiger charge is -2.27. The molecule has 9 heteroatoms. The van der Waals surface area contributed by atoms with Crippen molar-refractivity contribution in [1.29, 1.82) is 0 Å². The Balaban J connectivity index is 1.82. The van der Waals surface area contributed by atoms with E-state index in [1.807, 2.05) is 0 Å². The molecule has 138 valence electrons. The molecular formula is C17H20N4O5. The summed E-state index contributed by atoms with van der Waals surface area (Å²) in [5.41, 5.74) is 6.74. The molecule has 0 saturated carbocycles. The number of hydrogen-bond donors (Lipinski definition) is 4. The topological polar surface area (TPSA) is 142 Å². The van der Waals surface area contributed by atoms with Crippen LogP contribution in [0.5, 0.6) is 0 Å². The van der Waals surface area contributed by atoms with Gasteiger partial charge < -0.3 is 16.2 Å². The van der Waals surface area contributed by atoms with Crippen LogP contribution in [0, 0.1) is 0 Å². The van der Waals surface area contributed by atoms with E-state index in [2.05, 4.69) is 10.6 Å². The van der Waals surface area contributed by atoms with Gasteiger partial charge in [0.2, 0.25) is 11.8 Å². The van der Waals surface area contributed by atoms with E-state index in [1.165, 1.54) is 0 Å². The summed E-state index contributed by atoms with van der Waals surface area (Å²) in [4.78, 5) is 49.9. The van der Waals surface area contributed by atoms with Crippen LogP contribution in [-0.2, 0) is 16.1 Å². The van der Waals surface area contributed by atoms with Crippen LogP contribution < -0.4 is 16.4 Å². The molecule has 2 atom stereocenters. The highest BCUT2D eigenvalue weighted by atomic mass is 16.3. The van der Waals surface area contributed by atoms with E-state index in [0.717, 1.165) is 4.90 Å². The first kappa shape index (κ1) is 18.2. The smallest absolute Gasteiger partial charge is 0.262 e. The summed E-state index contributed by atoms with van der Waals surface area (Å²) in [6, 6.07) is 3.52. The van der Waals surface area contributed by atoms with Gasteiger partial charge in [-0.2, -0.15) is 0 Å². The number of hydrogen-bond acceptors (Lipinski definition) is 7. The first-order valence-corrected chi connectivity index (χ1v) is 8.34. The van der Waals surface area contributed by atoms with Crippen LogP contribution in [0.4, 0.5) is 0 Å². The maximum Gasteiger partial charge on any atom is 0.262 e. The van der Waals surface area contributed by atoms with E-state index in [-0.39, 0.29) is 30.6 Å². The van der Waals surface area contributed by atoms with Crippen molar-refractivity contribution in [3.05, 3.63) is 34.9 Å². The quantitative estimate of drug-likeness (QED) is 0.452. The highest BCUT2D eigenvalue weighted by Crippen LogP contribution is 2.29. The third-order valence-corrected chi connectivity index (χ3v) is 4.51. The molecule has 0 radical (unpaired) electrons. The number of piperidine rings is 1. The summed E-state index contributed by atoms with van der Waals surface area (Å²) < 4.78 is 0. The number of nitrogens with one attached hydrogen (secondary N) is 2. The average Bonchev–Trinajstić information content (AvgIpc) is 2.87. The fourth-order valence-electron chi connectivity index (χ4n) is 3.19. The summed E-state index contributed by atoms with van der Waals surface area (Å²) in [5.74, 6) is -2.12. The van der Waals surface area contributed by atoms with Crippen molar-refractivity contribution in [2.45, 2.75) is 31.5 Å². The molecule has 4 amide bonds. The molecule has 2 aliphatic heterocycles. The molecule has 2 aliphatic rings. The number of aliphatic hydroxyl groups excluding tert-OH is 1. The summed E-state index contributed by atoms with van der Waals surface area (Å²) in [5, 5.41) is 14.2. The van der Waals surface area contributed by atoms with Crippen LogP contribution in [-0.4, -0.2) is 58.9 Å². The predicted octanol–water partition coefficient (Wildman–Crippen LogP) is -1.50.